The summed E-state index contributed by atoms with van der Waals surface area (Å²) >= 11 is 0. The standard InChI is InChI=1S/C25H25N3O4S/c1-3-27-20-9-5-4-8-18(20)19-16-17(12-13-21(19)27)26-25(29)24-14-15-28(33(2,30)31)22-10-6-7-11-23(22)32-24/h4-13,16,24H,3,14-15H2,1-2H3,(H,26,29). The van der Waals surface area contributed by atoms with Crippen LogP contribution < -0.4 is 14.4 Å². The van der Waals surface area contributed by atoms with Crippen LogP contribution in [0.3, 0.4) is 0 Å². The molecule has 0 saturated carbocycles. The summed E-state index contributed by atoms with van der Waals surface area (Å²) in [6.07, 6.45) is 0.586. The van der Waals surface area contributed by atoms with Gasteiger partial charge in [0.05, 0.1) is 11.9 Å². The summed E-state index contributed by atoms with van der Waals surface area (Å²) in [7, 11) is -3.50. The second-order valence-electron chi connectivity index (χ2n) is 8.18. The molecule has 7 nitrogen and oxygen atoms in total. The molecule has 0 fully saturated rings. The predicted octanol–water partition coefficient (Wildman–Crippen LogP) is 4.37. The molecule has 1 aliphatic rings. The predicted molar refractivity (Wildman–Crippen MR) is 131 cm³/mol. The van der Waals surface area contributed by atoms with Gasteiger partial charge in [0, 0.05) is 47.0 Å². The summed E-state index contributed by atoms with van der Waals surface area (Å²) in [6, 6.07) is 21.0. The Labute approximate surface area is 192 Å². The molecule has 0 bridgehead atoms. The van der Waals surface area contributed by atoms with E-state index in [2.05, 4.69) is 28.9 Å². The van der Waals surface area contributed by atoms with Crippen molar-refractivity contribution in [3.63, 3.8) is 0 Å². The highest BCUT2D eigenvalue weighted by molar-refractivity contribution is 7.92. The van der Waals surface area contributed by atoms with Crippen molar-refractivity contribution in [1.82, 2.24) is 4.57 Å². The fraction of sp³-hybridized carbons (Fsp3) is 0.240. The van der Waals surface area contributed by atoms with Crippen LogP contribution in [0, 0.1) is 0 Å². The molecule has 8 heteroatoms. The van der Waals surface area contributed by atoms with Gasteiger partial charge >= 0.3 is 0 Å². The summed E-state index contributed by atoms with van der Waals surface area (Å²) in [5.74, 6) is 0.0702. The van der Waals surface area contributed by atoms with Crippen molar-refractivity contribution in [3.8, 4) is 5.75 Å². The quantitative estimate of drug-likeness (QED) is 0.487. The van der Waals surface area contributed by atoms with E-state index in [1.54, 1.807) is 24.3 Å². The van der Waals surface area contributed by atoms with Crippen molar-refractivity contribution in [1.29, 1.82) is 0 Å². The van der Waals surface area contributed by atoms with E-state index in [0.717, 1.165) is 34.6 Å². The highest BCUT2D eigenvalue weighted by Crippen LogP contribution is 2.35. The summed E-state index contributed by atoms with van der Waals surface area (Å²) in [5, 5.41) is 5.17. The Morgan fingerprint density at radius 3 is 2.55 bits per heavy atom. The molecule has 1 aromatic heterocycles. The Kier molecular flexibility index (Phi) is 5.25. The number of para-hydroxylation sites is 3. The van der Waals surface area contributed by atoms with Gasteiger partial charge in [-0.1, -0.05) is 30.3 Å². The van der Waals surface area contributed by atoms with E-state index in [0.29, 0.717) is 17.1 Å². The van der Waals surface area contributed by atoms with Gasteiger partial charge < -0.3 is 14.6 Å². The van der Waals surface area contributed by atoms with Crippen molar-refractivity contribution >= 4 is 49.1 Å². The molecule has 1 atom stereocenters. The molecular weight excluding hydrogens is 438 g/mol. The van der Waals surface area contributed by atoms with Gasteiger partial charge in [0.25, 0.3) is 5.91 Å². The fourth-order valence-corrected chi connectivity index (χ4v) is 5.50. The highest BCUT2D eigenvalue weighted by Gasteiger charge is 2.31. The van der Waals surface area contributed by atoms with Crippen LogP contribution in [0.15, 0.2) is 66.7 Å². The molecule has 170 valence electrons. The largest absolute Gasteiger partial charge is 0.478 e. The lowest BCUT2D eigenvalue weighted by molar-refractivity contribution is -0.122. The van der Waals surface area contributed by atoms with Gasteiger partial charge in [-0.15, -0.1) is 0 Å². The second kappa shape index (κ2) is 8.12. The van der Waals surface area contributed by atoms with Gasteiger partial charge in [-0.05, 0) is 43.3 Å². The number of anilines is 2. The maximum atomic E-state index is 13.1. The second-order valence-corrected chi connectivity index (χ2v) is 10.1. The first-order valence-corrected chi connectivity index (χ1v) is 12.8. The molecule has 1 unspecified atom stereocenters. The van der Waals surface area contributed by atoms with E-state index in [4.69, 9.17) is 4.74 Å². The molecule has 2 heterocycles. The van der Waals surface area contributed by atoms with Gasteiger partial charge in [-0.25, -0.2) is 8.42 Å². The Hall–Kier alpha value is -3.52. The number of benzene rings is 3. The van der Waals surface area contributed by atoms with Crippen LogP contribution in [0.25, 0.3) is 21.8 Å². The third-order valence-corrected chi connectivity index (χ3v) is 7.23. The molecule has 3 aromatic carbocycles. The molecule has 1 amide bonds. The van der Waals surface area contributed by atoms with E-state index in [1.807, 2.05) is 30.3 Å². The van der Waals surface area contributed by atoms with Crippen LogP contribution in [0.1, 0.15) is 13.3 Å². The van der Waals surface area contributed by atoms with Crippen LogP contribution in [0.2, 0.25) is 0 Å². The lowest BCUT2D eigenvalue weighted by Crippen LogP contribution is -2.35. The van der Waals surface area contributed by atoms with Gasteiger partial charge in [-0.2, -0.15) is 0 Å². The van der Waals surface area contributed by atoms with Crippen LogP contribution in [-0.2, 0) is 21.4 Å². The number of aryl methyl sites for hydroxylation is 1. The molecule has 1 N–H and O–H groups in total. The zero-order valence-electron chi connectivity index (χ0n) is 18.5. The van der Waals surface area contributed by atoms with Crippen molar-refractivity contribution in [2.24, 2.45) is 0 Å². The smallest absolute Gasteiger partial charge is 0.265 e. The number of aromatic nitrogens is 1. The number of rotatable bonds is 4. The van der Waals surface area contributed by atoms with Gasteiger partial charge in [0.2, 0.25) is 10.0 Å². The molecule has 33 heavy (non-hydrogen) atoms. The molecule has 0 saturated heterocycles. The third-order valence-electron chi connectivity index (χ3n) is 6.05. The molecule has 0 radical (unpaired) electrons. The average Bonchev–Trinajstić information content (AvgIpc) is 2.96. The number of hydrogen-bond donors (Lipinski definition) is 1. The minimum atomic E-state index is -3.50. The topological polar surface area (TPSA) is 80.6 Å². The van der Waals surface area contributed by atoms with Gasteiger partial charge in [0.15, 0.2) is 6.10 Å². The number of sulfonamides is 1. The van der Waals surface area contributed by atoms with E-state index in [1.165, 1.54) is 4.31 Å². The summed E-state index contributed by atoms with van der Waals surface area (Å²) in [5.41, 5.74) is 3.39. The lowest BCUT2D eigenvalue weighted by Gasteiger charge is -2.20. The Balaban J connectivity index is 1.45. The maximum Gasteiger partial charge on any atom is 0.265 e. The normalized spacial score (nSPS) is 16.3. The van der Waals surface area contributed by atoms with Gasteiger partial charge in [-0.3, -0.25) is 9.10 Å². The molecule has 0 spiro atoms. The number of fused-ring (bicyclic) bond motifs is 4. The monoisotopic (exact) mass is 463 g/mol. The lowest BCUT2D eigenvalue weighted by atomic mass is 10.1. The van der Waals surface area contributed by atoms with E-state index in [-0.39, 0.29) is 18.9 Å². The number of nitrogens with one attached hydrogen (secondary N) is 1. The van der Waals surface area contributed by atoms with Crippen molar-refractivity contribution in [3.05, 3.63) is 66.7 Å². The van der Waals surface area contributed by atoms with Crippen LogP contribution in [-0.4, -0.2) is 37.8 Å². The number of hydrogen-bond acceptors (Lipinski definition) is 4. The first kappa shape index (κ1) is 21.3. The van der Waals surface area contributed by atoms with E-state index < -0.39 is 16.1 Å². The maximum absolute atomic E-state index is 13.1. The summed E-state index contributed by atoms with van der Waals surface area (Å²) in [4.78, 5) is 13.1. The molecule has 0 aliphatic carbocycles. The van der Waals surface area contributed by atoms with E-state index in [9.17, 15) is 13.2 Å². The number of amides is 1. The minimum Gasteiger partial charge on any atom is -0.478 e. The number of nitrogens with zero attached hydrogens (tertiary/aromatic N) is 2. The fourth-order valence-electron chi connectivity index (χ4n) is 4.55. The van der Waals surface area contributed by atoms with Crippen LogP contribution in [0.4, 0.5) is 11.4 Å². The van der Waals surface area contributed by atoms with Crippen molar-refractivity contribution < 1.29 is 17.9 Å². The summed E-state index contributed by atoms with van der Waals surface area (Å²) in [6.45, 7) is 3.13. The number of carbonyl (C=O) groups is 1. The Morgan fingerprint density at radius 2 is 1.76 bits per heavy atom. The average molecular weight is 464 g/mol. The highest BCUT2D eigenvalue weighted by atomic mass is 32.2. The zero-order valence-corrected chi connectivity index (χ0v) is 19.3. The first-order chi connectivity index (χ1) is 15.9. The van der Waals surface area contributed by atoms with Crippen LogP contribution in [0.5, 0.6) is 5.75 Å². The Morgan fingerprint density at radius 1 is 1.03 bits per heavy atom. The number of ether oxygens (including phenoxy) is 1. The zero-order chi connectivity index (χ0) is 23.2. The number of carbonyl (C=O) groups excluding carboxylic acids is 1. The SMILES string of the molecule is CCn1c2ccccc2c2cc(NC(=O)C3CCN(S(C)(=O)=O)c4ccccc4O3)ccc21. The minimum absolute atomic E-state index is 0.164. The molecule has 5 rings (SSSR count). The van der Waals surface area contributed by atoms with E-state index >= 15 is 0 Å². The van der Waals surface area contributed by atoms with Crippen molar-refractivity contribution in [2.75, 3.05) is 22.4 Å². The van der Waals surface area contributed by atoms with Crippen LogP contribution >= 0.6 is 0 Å². The summed E-state index contributed by atoms with van der Waals surface area (Å²) < 4.78 is 34.1. The van der Waals surface area contributed by atoms with Crippen molar-refractivity contribution in [2.45, 2.75) is 26.0 Å². The Bertz CT molecular complexity index is 1480. The third kappa shape index (κ3) is 3.80. The molecule has 1 aliphatic heterocycles. The molecule has 4 aromatic rings. The molecular formula is C25H25N3O4S. The first-order valence-electron chi connectivity index (χ1n) is 10.9. The van der Waals surface area contributed by atoms with Gasteiger partial charge in [0.1, 0.15) is 5.75 Å².